The zero-order valence-electron chi connectivity index (χ0n) is 6.17. The summed E-state index contributed by atoms with van der Waals surface area (Å²) in [4.78, 5) is 0. The molecule has 0 aromatic heterocycles. The summed E-state index contributed by atoms with van der Waals surface area (Å²) in [6.45, 7) is 3.76. The van der Waals surface area contributed by atoms with Crippen LogP contribution in [0, 0.1) is 6.54 Å². The number of benzene rings is 1. The third-order valence-corrected chi connectivity index (χ3v) is 1.55. The van der Waals surface area contributed by atoms with E-state index in [4.69, 9.17) is 5.73 Å². The Hall–Kier alpha value is -0.820. The Balaban J connectivity index is 2.87. The highest BCUT2D eigenvalue weighted by Gasteiger charge is 1.90. The molecule has 0 aliphatic heterocycles. The van der Waals surface area contributed by atoms with Crippen LogP contribution in [-0.4, -0.2) is 0 Å². The molecule has 10 heavy (non-hydrogen) atoms. The van der Waals surface area contributed by atoms with Gasteiger partial charge in [-0.3, -0.25) is 0 Å². The van der Waals surface area contributed by atoms with Gasteiger partial charge < -0.3 is 5.73 Å². The molecular weight excluding hydrogens is 122 g/mol. The highest BCUT2D eigenvalue weighted by Crippen LogP contribution is 2.05. The van der Waals surface area contributed by atoms with Gasteiger partial charge >= 0.3 is 0 Å². The lowest BCUT2D eigenvalue weighted by atomic mass is 10.1. The second kappa shape index (κ2) is 3.37. The molecule has 0 saturated heterocycles. The van der Waals surface area contributed by atoms with Gasteiger partial charge in [0.25, 0.3) is 0 Å². The zero-order valence-corrected chi connectivity index (χ0v) is 6.17. The molecule has 1 rings (SSSR count). The molecule has 0 aliphatic carbocycles. The fraction of sp³-hybridized carbons (Fsp3) is 0.222. The normalized spacial score (nSPS) is 9.80. The van der Waals surface area contributed by atoms with Crippen molar-refractivity contribution in [1.29, 1.82) is 0 Å². The van der Waals surface area contributed by atoms with Crippen LogP contribution in [0.2, 0.25) is 0 Å². The molecule has 0 saturated carbocycles. The maximum atomic E-state index is 5.35. The van der Waals surface area contributed by atoms with Crippen molar-refractivity contribution < 1.29 is 0 Å². The van der Waals surface area contributed by atoms with Crippen molar-refractivity contribution in [1.82, 2.24) is 0 Å². The number of aryl methyl sites for hydroxylation is 1. The van der Waals surface area contributed by atoms with E-state index in [1.54, 1.807) is 6.54 Å². The minimum absolute atomic E-state index is 1.07. The minimum atomic E-state index is 1.07. The van der Waals surface area contributed by atoms with Crippen molar-refractivity contribution in [3.05, 3.63) is 41.9 Å². The van der Waals surface area contributed by atoms with Crippen molar-refractivity contribution >= 4 is 0 Å². The molecule has 1 aromatic rings. The van der Waals surface area contributed by atoms with Crippen LogP contribution in [0.15, 0.2) is 24.3 Å². The first-order valence-electron chi connectivity index (χ1n) is 3.50. The second-order valence-corrected chi connectivity index (χ2v) is 2.27. The smallest absolute Gasteiger partial charge is 0.0491 e. The van der Waals surface area contributed by atoms with Crippen molar-refractivity contribution in [3.63, 3.8) is 0 Å². The summed E-state index contributed by atoms with van der Waals surface area (Å²) in [7, 11) is 0. The van der Waals surface area contributed by atoms with Gasteiger partial charge in [0, 0.05) is 6.54 Å². The highest BCUT2D eigenvalue weighted by atomic mass is 14.5. The molecule has 0 fully saturated rings. The Morgan fingerprint density at radius 3 is 2.90 bits per heavy atom. The lowest BCUT2D eigenvalue weighted by Crippen LogP contribution is -1.92. The summed E-state index contributed by atoms with van der Waals surface area (Å²) < 4.78 is 0. The van der Waals surface area contributed by atoms with E-state index >= 15 is 0 Å². The van der Waals surface area contributed by atoms with Gasteiger partial charge in [-0.25, -0.2) is 0 Å². The molecule has 0 bridgehead atoms. The summed E-state index contributed by atoms with van der Waals surface area (Å²) in [6.07, 6.45) is 1.07. The van der Waals surface area contributed by atoms with E-state index in [0.29, 0.717) is 0 Å². The van der Waals surface area contributed by atoms with Gasteiger partial charge in [-0.2, -0.15) is 0 Å². The molecule has 0 amide bonds. The van der Waals surface area contributed by atoms with Crippen LogP contribution in [0.3, 0.4) is 0 Å². The number of hydrogen-bond donors (Lipinski definition) is 1. The Bertz CT molecular complexity index is 186. The SMILES string of the molecule is CCc1cccc([CH]N)c1. The topological polar surface area (TPSA) is 26.0 Å². The van der Waals surface area contributed by atoms with Crippen LogP contribution < -0.4 is 5.73 Å². The minimum Gasteiger partial charge on any atom is -0.322 e. The van der Waals surface area contributed by atoms with Crippen LogP contribution in [0.4, 0.5) is 0 Å². The average Bonchev–Trinajstić information content (AvgIpc) is 2.05. The van der Waals surface area contributed by atoms with Crippen LogP contribution in [-0.2, 0) is 6.42 Å². The molecule has 1 aromatic carbocycles. The van der Waals surface area contributed by atoms with Gasteiger partial charge in [0.1, 0.15) is 0 Å². The van der Waals surface area contributed by atoms with E-state index in [1.165, 1.54) is 5.56 Å². The molecule has 0 heterocycles. The predicted molar refractivity (Wildman–Crippen MR) is 43.4 cm³/mol. The monoisotopic (exact) mass is 134 g/mol. The summed E-state index contributed by atoms with van der Waals surface area (Å²) in [5.41, 5.74) is 7.78. The third kappa shape index (κ3) is 1.58. The molecule has 0 unspecified atom stereocenters. The number of rotatable bonds is 2. The Morgan fingerprint density at radius 2 is 2.30 bits per heavy atom. The molecule has 53 valence electrons. The summed E-state index contributed by atoms with van der Waals surface area (Å²) in [5, 5.41) is 0. The molecule has 0 atom stereocenters. The standard InChI is InChI=1S/C9H12N/c1-2-8-4-3-5-9(6-8)7-10/h3-7H,2,10H2,1H3. The quantitative estimate of drug-likeness (QED) is 0.654. The van der Waals surface area contributed by atoms with E-state index in [0.717, 1.165) is 12.0 Å². The van der Waals surface area contributed by atoms with Gasteiger partial charge in [0.15, 0.2) is 0 Å². The van der Waals surface area contributed by atoms with E-state index in [9.17, 15) is 0 Å². The fourth-order valence-electron chi connectivity index (χ4n) is 0.917. The van der Waals surface area contributed by atoms with Crippen LogP contribution in [0.1, 0.15) is 18.1 Å². The van der Waals surface area contributed by atoms with Gasteiger partial charge in [-0.15, -0.1) is 0 Å². The number of nitrogens with two attached hydrogens (primary N) is 1. The van der Waals surface area contributed by atoms with E-state index in [1.807, 2.05) is 12.1 Å². The lowest BCUT2D eigenvalue weighted by Gasteiger charge is -1.98. The molecule has 0 aliphatic rings. The predicted octanol–water partition coefficient (Wildman–Crippen LogP) is 1.72. The van der Waals surface area contributed by atoms with Crippen LogP contribution in [0.5, 0.6) is 0 Å². The van der Waals surface area contributed by atoms with Gasteiger partial charge in [-0.1, -0.05) is 31.2 Å². The number of hydrogen-bond acceptors (Lipinski definition) is 1. The first-order valence-corrected chi connectivity index (χ1v) is 3.50. The summed E-state index contributed by atoms with van der Waals surface area (Å²) in [5.74, 6) is 0. The maximum absolute atomic E-state index is 5.35. The van der Waals surface area contributed by atoms with Gasteiger partial charge in [-0.05, 0) is 17.5 Å². The summed E-state index contributed by atoms with van der Waals surface area (Å²) in [6, 6.07) is 8.23. The molecular formula is C9H12N. The molecule has 1 heteroatoms. The van der Waals surface area contributed by atoms with Crippen molar-refractivity contribution in [2.45, 2.75) is 13.3 Å². The lowest BCUT2D eigenvalue weighted by molar-refractivity contribution is 1.13. The fourth-order valence-corrected chi connectivity index (χ4v) is 0.917. The largest absolute Gasteiger partial charge is 0.322 e. The van der Waals surface area contributed by atoms with Crippen LogP contribution in [0.25, 0.3) is 0 Å². The maximum Gasteiger partial charge on any atom is 0.0491 e. The van der Waals surface area contributed by atoms with E-state index in [-0.39, 0.29) is 0 Å². The van der Waals surface area contributed by atoms with Crippen LogP contribution >= 0.6 is 0 Å². The van der Waals surface area contributed by atoms with Crippen molar-refractivity contribution in [2.75, 3.05) is 0 Å². The Morgan fingerprint density at radius 1 is 1.50 bits per heavy atom. The Kier molecular flexibility index (Phi) is 2.46. The molecule has 0 spiro atoms. The van der Waals surface area contributed by atoms with Crippen molar-refractivity contribution in [2.24, 2.45) is 5.73 Å². The Labute approximate surface area is 61.9 Å². The second-order valence-electron chi connectivity index (χ2n) is 2.27. The van der Waals surface area contributed by atoms with E-state index in [2.05, 4.69) is 19.1 Å². The van der Waals surface area contributed by atoms with Gasteiger partial charge in [0.2, 0.25) is 0 Å². The average molecular weight is 134 g/mol. The van der Waals surface area contributed by atoms with Crippen molar-refractivity contribution in [3.8, 4) is 0 Å². The molecule has 2 N–H and O–H groups in total. The zero-order chi connectivity index (χ0) is 7.40. The van der Waals surface area contributed by atoms with E-state index < -0.39 is 0 Å². The highest BCUT2D eigenvalue weighted by molar-refractivity contribution is 5.27. The molecule has 1 nitrogen and oxygen atoms in total. The first-order chi connectivity index (χ1) is 4.86. The summed E-state index contributed by atoms with van der Waals surface area (Å²) >= 11 is 0. The first kappa shape index (κ1) is 7.29. The third-order valence-electron chi connectivity index (χ3n) is 1.55. The van der Waals surface area contributed by atoms with Gasteiger partial charge in [0.05, 0.1) is 0 Å². The molecule has 1 radical (unpaired) electrons.